The second-order valence-corrected chi connectivity index (χ2v) is 7.58. The number of carbonyl (C=O) groups is 2. The molecule has 0 fully saturated rings. The zero-order valence-corrected chi connectivity index (χ0v) is 15.9. The quantitative estimate of drug-likeness (QED) is 0.615. The summed E-state index contributed by atoms with van der Waals surface area (Å²) in [5.41, 5.74) is 2.98. The van der Waals surface area contributed by atoms with Crippen molar-refractivity contribution in [2.75, 3.05) is 11.9 Å². The van der Waals surface area contributed by atoms with Crippen molar-refractivity contribution in [3.05, 3.63) is 57.6 Å². The number of anilines is 1. The summed E-state index contributed by atoms with van der Waals surface area (Å²) in [5.74, 6) is -0.771. The van der Waals surface area contributed by atoms with E-state index in [1.54, 1.807) is 11.3 Å². The lowest BCUT2D eigenvalue weighted by Gasteiger charge is -2.04. The fourth-order valence-electron chi connectivity index (χ4n) is 2.24. The van der Waals surface area contributed by atoms with Crippen LogP contribution in [0.3, 0.4) is 0 Å². The van der Waals surface area contributed by atoms with Crippen molar-refractivity contribution in [3.8, 4) is 11.3 Å². The normalized spacial score (nSPS) is 10.5. The zero-order valence-electron chi connectivity index (χ0n) is 14.2. The number of benzene rings is 1. The van der Waals surface area contributed by atoms with Gasteiger partial charge in [-0.15, -0.1) is 22.7 Å². The number of aryl methyl sites for hydroxylation is 2. The third kappa shape index (κ3) is 5.24. The predicted molar refractivity (Wildman–Crippen MR) is 105 cm³/mol. The van der Waals surface area contributed by atoms with Crippen molar-refractivity contribution in [3.63, 3.8) is 0 Å². The molecule has 0 bridgehead atoms. The summed E-state index contributed by atoms with van der Waals surface area (Å²) >= 11 is 2.94. The van der Waals surface area contributed by atoms with Gasteiger partial charge in [-0.2, -0.15) is 0 Å². The lowest BCUT2D eigenvalue weighted by atomic mass is 10.1. The standard InChI is InChI=1S/C19H18N2O3S2/c1-13-4-6-14(7-5-13)16-12-26-19(20-16)21-17(22)11-24-18(23)9-8-15-3-2-10-25-15/h2-7,10,12H,8-9,11H2,1H3,(H,20,21,22). The molecule has 26 heavy (non-hydrogen) atoms. The first-order valence-electron chi connectivity index (χ1n) is 8.10. The van der Waals surface area contributed by atoms with Gasteiger partial charge in [0.25, 0.3) is 5.91 Å². The Morgan fingerprint density at radius 3 is 2.69 bits per heavy atom. The SMILES string of the molecule is Cc1ccc(-c2csc(NC(=O)COC(=O)CCc3cccs3)n2)cc1. The average molecular weight is 386 g/mol. The van der Waals surface area contributed by atoms with Crippen LogP contribution in [0.15, 0.2) is 47.2 Å². The number of aromatic nitrogens is 1. The van der Waals surface area contributed by atoms with Gasteiger partial charge >= 0.3 is 5.97 Å². The summed E-state index contributed by atoms with van der Waals surface area (Å²) < 4.78 is 5.01. The first-order valence-corrected chi connectivity index (χ1v) is 9.86. The molecule has 0 radical (unpaired) electrons. The summed E-state index contributed by atoms with van der Waals surface area (Å²) in [7, 11) is 0. The summed E-state index contributed by atoms with van der Waals surface area (Å²) in [6, 6.07) is 11.9. The number of thiophene rings is 1. The largest absolute Gasteiger partial charge is 0.456 e. The zero-order chi connectivity index (χ0) is 18.4. The number of rotatable bonds is 7. The molecule has 3 rings (SSSR count). The molecule has 3 aromatic rings. The number of ether oxygens (including phenoxy) is 1. The third-order valence-electron chi connectivity index (χ3n) is 3.62. The smallest absolute Gasteiger partial charge is 0.306 e. The summed E-state index contributed by atoms with van der Waals surface area (Å²) in [6.07, 6.45) is 0.896. The average Bonchev–Trinajstić information content (AvgIpc) is 3.31. The van der Waals surface area contributed by atoms with Gasteiger partial charge in [-0.1, -0.05) is 35.9 Å². The molecule has 2 aromatic heterocycles. The molecular formula is C19H18N2O3S2. The Labute approximate surface area is 159 Å². The van der Waals surface area contributed by atoms with E-state index in [-0.39, 0.29) is 24.9 Å². The Morgan fingerprint density at radius 1 is 1.15 bits per heavy atom. The van der Waals surface area contributed by atoms with Crippen molar-refractivity contribution in [2.45, 2.75) is 19.8 Å². The molecular weight excluding hydrogens is 368 g/mol. The van der Waals surface area contributed by atoms with E-state index in [0.29, 0.717) is 11.6 Å². The van der Waals surface area contributed by atoms with Crippen LogP contribution in [0.25, 0.3) is 11.3 Å². The molecule has 1 amide bonds. The van der Waals surface area contributed by atoms with Crippen LogP contribution in [0.1, 0.15) is 16.9 Å². The minimum absolute atomic E-state index is 0.266. The molecule has 134 valence electrons. The number of hydrogen-bond acceptors (Lipinski definition) is 6. The van der Waals surface area contributed by atoms with Crippen LogP contribution in [-0.4, -0.2) is 23.5 Å². The van der Waals surface area contributed by atoms with Crippen molar-refractivity contribution < 1.29 is 14.3 Å². The van der Waals surface area contributed by atoms with Gasteiger partial charge < -0.3 is 4.74 Å². The number of thiazole rings is 1. The number of nitrogens with one attached hydrogen (secondary N) is 1. The fourth-order valence-corrected chi connectivity index (χ4v) is 3.69. The van der Waals surface area contributed by atoms with E-state index in [0.717, 1.165) is 16.1 Å². The molecule has 5 nitrogen and oxygen atoms in total. The molecule has 7 heteroatoms. The lowest BCUT2D eigenvalue weighted by molar-refractivity contribution is -0.147. The molecule has 2 heterocycles. The van der Waals surface area contributed by atoms with Crippen molar-refractivity contribution in [1.29, 1.82) is 0 Å². The highest BCUT2D eigenvalue weighted by molar-refractivity contribution is 7.14. The van der Waals surface area contributed by atoms with Crippen LogP contribution in [-0.2, 0) is 20.7 Å². The van der Waals surface area contributed by atoms with Crippen molar-refractivity contribution >= 4 is 39.7 Å². The van der Waals surface area contributed by atoms with E-state index in [4.69, 9.17) is 4.74 Å². The molecule has 0 saturated heterocycles. The Kier molecular flexibility index (Phi) is 6.14. The van der Waals surface area contributed by atoms with Crippen LogP contribution in [0.5, 0.6) is 0 Å². The number of hydrogen-bond donors (Lipinski definition) is 1. The van der Waals surface area contributed by atoms with E-state index in [2.05, 4.69) is 10.3 Å². The monoisotopic (exact) mass is 386 g/mol. The maximum atomic E-state index is 11.9. The van der Waals surface area contributed by atoms with E-state index in [1.807, 2.05) is 54.1 Å². The van der Waals surface area contributed by atoms with Gasteiger partial charge in [-0.05, 0) is 24.8 Å². The second kappa shape index (κ2) is 8.73. The molecule has 0 unspecified atom stereocenters. The highest BCUT2D eigenvalue weighted by atomic mass is 32.1. The second-order valence-electron chi connectivity index (χ2n) is 5.69. The van der Waals surface area contributed by atoms with Crippen LogP contribution >= 0.6 is 22.7 Å². The molecule has 1 aromatic carbocycles. The Bertz CT molecular complexity index is 871. The fraction of sp³-hybridized carbons (Fsp3) is 0.211. The number of nitrogens with zero attached hydrogens (tertiary/aromatic N) is 1. The number of esters is 1. The van der Waals surface area contributed by atoms with Gasteiger partial charge in [0.05, 0.1) is 12.1 Å². The van der Waals surface area contributed by atoms with Crippen molar-refractivity contribution in [2.24, 2.45) is 0 Å². The highest BCUT2D eigenvalue weighted by Gasteiger charge is 2.11. The minimum atomic E-state index is -0.390. The first-order chi connectivity index (χ1) is 12.6. The van der Waals surface area contributed by atoms with Crippen LogP contribution in [0.4, 0.5) is 5.13 Å². The third-order valence-corrected chi connectivity index (χ3v) is 5.31. The lowest BCUT2D eigenvalue weighted by Crippen LogP contribution is -2.20. The first kappa shape index (κ1) is 18.3. The number of amides is 1. The van der Waals surface area contributed by atoms with Gasteiger partial charge in [0.15, 0.2) is 11.7 Å². The summed E-state index contributed by atoms with van der Waals surface area (Å²) in [5, 5.41) is 7.00. The Hall–Kier alpha value is -2.51. The maximum absolute atomic E-state index is 11.9. The van der Waals surface area contributed by atoms with E-state index in [1.165, 1.54) is 16.9 Å². The van der Waals surface area contributed by atoms with E-state index >= 15 is 0 Å². The van der Waals surface area contributed by atoms with Gasteiger partial charge in [0.2, 0.25) is 0 Å². The highest BCUT2D eigenvalue weighted by Crippen LogP contribution is 2.25. The van der Waals surface area contributed by atoms with E-state index < -0.39 is 0 Å². The maximum Gasteiger partial charge on any atom is 0.306 e. The minimum Gasteiger partial charge on any atom is -0.456 e. The predicted octanol–water partition coefficient (Wildman–Crippen LogP) is 4.29. The van der Waals surface area contributed by atoms with Crippen molar-refractivity contribution in [1.82, 2.24) is 4.98 Å². The van der Waals surface area contributed by atoms with Gasteiger partial charge in [-0.25, -0.2) is 4.98 Å². The Balaban J connectivity index is 1.44. The summed E-state index contributed by atoms with van der Waals surface area (Å²) in [4.78, 5) is 29.1. The van der Waals surface area contributed by atoms with E-state index in [9.17, 15) is 9.59 Å². The topological polar surface area (TPSA) is 68.3 Å². The van der Waals surface area contributed by atoms with Crippen LogP contribution in [0.2, 0.25) is 0 Å². The molecule has 0 saturated carbocycles. The molecule has 0 aliphatic rings. The number of carbonyl (C=O) groups excluding carboxylic acids is 2. The molecule has 1 N–H and O–H groups in total. The van der Waals surface area contributed by atoms with Gasteiger partial charge in [0, 0.05) is 15.8 Å². The van der Waals surface area contributed by atoms with Gasteiger partial charge in [0.1, 0.15) is 0 Å². The molecule has 0 spiro atoms. The molecule has 0 aliphatic carbocycles. The molecule has 0 atom stereocenters. The summed E-state index contributed by atoms with van der Waals surface area (Å²) in [6.45, 7) is 1.72. The Morgan fingerprint density at radius 2 is 1.96 bits per heavy atom. The van der Waals surface area contributed by atoms with Gasteiger partial charge in [-0.3, -0.25) is 14.9 Å². The van der Waals surface area contributed by atoms with Crippen LogP contribution in [0, 0.1) is 6.92 Å². The van der Waals surface area contributed by atoms with Crippen LogP contribution < -0.4 is 5.32 Å². The molecule has 0 aliphatic heterocycles.